The van der Waals surface area contributed by atoms with Crippen LogP contribution in [-0.2, 0) is 24.8 Å². The molecule has 1 aromatic heterocycles. The summed E-state index contributed by atoms with van der Waals surface area (Å²) in [6.45, 7) is 5.71. The minimum absolute atomic E-state index is 0. The number of esters is 1. The van der Waals surface area contributed by atoms with Gasteiger partial charge in [-0.05, 0) is 37.5 Å². The van der Waals surface area contributed by atoms with Crippen molar-refractivity contribution in [1.82, 2.24) is 15.3 Å². The number of aromatic nitrogens is 2. The Morgan fingerprint density at radius 3 is 1.83 bits per heavy atom. The van der Waals surface area contributed by atoms with Crippen molar-refractivity contribution < 1.29 is 14.3 Å². The number of hydrogen-bond acceptors (Lipinski definition) is 6. The van der Waals surface area contributed by atoms with Gasteiger partial charge < -0.3 is 15.0 Å². The van der Waals surface area contributed by atoms with Gasteiger partial charge in [0.15, 0.2) is 0 Å². The number of carbonyl (C=O) groups is 2. The van der Waals surface area contributed by atoms with E-state index in [4.69, 9.17) is 4.74 Å². The monoisotopic (exact) mass is 609 g/mol. The van der Waals surface area contributed by atoms with E-state index in [-0.39, 0.29) is 24.9 Å². The second kappa shape index (κ2) is 15.1. The molecule has 216 valence electrons. The second-order valence-corrected chi connectivity index (χ2v) is 12.5. The van der Waals surface area contributed by atoms with E-state index in [1.54, 1.807) is 31.1 Å². The summed E-state index contributed by atoms with van der Waals surface area (Å²) >= 11 is 3.08. The summed E-state index contributed by atoms with van der Waals surface area (Å²) < 4.78 is 4.01. The number of H-pyrrole nitrogens is 1. The van der Waals surface area contributed by atoms with Crippen LogP contribution in [0, 0.1) is 0 Å². The van der Waals surface area contributed by atoms with Crippen molar-refractivity contribution in [2.45, 2.75) is 42.1 Å². The van der Waals surface area contributed by atoms with Gasteiger partial charge in [0.05, 0.1) is 21.9 Å². The number of benzene rings is 3. The van der Waals surface area contributed by atoms with E-state index in [0.29, 0.717) is 11.5 Å². The van der Waals surface area contributed by atoms with Crippen LogP contribution in [0.2, 0.25) is 0 Å². The second-order valence-electron chi connectivity index (χ2n) is 9.70. The topological polar surface area (TPSA) is 84.1 Å². The summed E-state index contributed by atoms with van der Waals surface area (Å²) in [7, 11) is 0. The lowest BCUT2D eigenvalue weighted by molar-refractivity contribution is -0.146. The molecule has 0 spiro atoms. The molecular formula is C32H36ClN3O3S2. The SMILES string of the molecule is CCOC(=O)[C@H](CSC(c1ccccc1)(c1ccccc1)c1ccccc1)NC(=O)C(C)(C)SCc1ncc[nH]1.Cl. The Kier molecular flexibility index (Phi) is 11.9. The number of imidazole rings is 1. The predicted octanol–water partition coefficient (Wildman–Crippen LogP) is 6.62. The van der Waals surface area contributed by atoms with E-state index in [9.17, 15) is 9.59 Å². The van der Waals surface area contributed by atoms with Crippen molar-refractivity contribution in [3.63, 3.8) is 0 Å². The number of hydrogen-bond donors (Lipinski definition) is 2. The highest BCUT2D eigenvalue weighted by Crippen LogP contribution is 2.48. The quantitative estimate of drug-likeness (QED) is 0.131. The van der Waals surface area contributed by atoms with Crippen LogP contribution in [0.4, 0.5) is 0 Å². The van der Waals surface area contributed by atoms with Crippen LogP contribution >= 0.6 is 35.9 Å². The fourth-order valence-electron chi connectivity index (χ4n) is 4.41. The van der Waals surface area contributed by atoms with Crippen LogP contribution in [-0.4, -0.2) is 45.0 Å². The third-order valence-electron chi connectivity index (χ3n) is 6.56. The first-order valence-electron chi connectivity index (χ1n) is 13.3. The van der Waals surface area contributed by atoms with Crippen LogP contribution < -0.4 is 5.32 Å². The molecular weight excluding hydrogens is 574 g/mol. The highest BCUT2D eigenvalue weighted by atomic mass is 35.5. The van der Waals surface area contributed by atoms with Crippen LogP contribution in [0.25, 0.3) is 0 Å². The van der Waals surface area contributed by atoms with Crippen molar-refractivity contribution in [1.29, 1.82) is 0 Å². The zero-order valence-electron chi connectivity index (χ0n) is 23.4. The molecule has 1 amide bonds. The number of nitrogens with one attached hydrogen (secondary N) is 2. The molecule has 9 heteroatoms. The van der Waals surface area contributed by atoms with E-state index in [0.717, 1.165) is 22.5 Å². The largest absolute Gasteiger partial charge is 0.464 e. The molecule has 0 bridgehead atoms. The normalized spacial score (nSPS) is 12.2. The number of aromatic amines is 1. The van der Waals surface area contributed by atoms with Gasteiger partial charge in [-0.2, -0.15) is 0 Å². The third-order valence-corrected chi connectivity index (χ3v) is 9.52. The molecule has 1 heterocycles. The molecule has 4 aromatic rings. The Labute approximate surface area is 256 Å². The molecule has 2 N–H and O–H groups in total. The smallest absolute Gasteiger partial charge is 0.329 e. The Balaban J connectivity index is 0.00000462. The first-order chi connectivity index (χ1) is 19.4. The lowest BCUT2D eigenvalue weighted by Gasteiger charge is -2.36. The lowest BCUT2D eigenvalue weighted by atomic mass is 9.84. The summed E-state index contributed by atoms with van der Waals surface area (Å²) in [5.41, 5.74) is 3.25. The van der Waals surface area contributed by atoms with Crippen molar-refractivity contribution >= 4 is 47.8 Å². The molecule has 41 heavy (non-hydrogen) atoms. The van der Waals surface area contributed by atoms with Gasteiger partial charge in [-0.25, -0.2) is 9.78 Å². The number of rotatable bonds is 13. The molecule has 3 aromatic carbocycles. The summed E-state index contributed by atoms with van der Waals surface area (Å²) in [6, 6.07) is 30.0. The fourth-order valence-corrected chi connectivity index (χ4v) is 6.80. The molecule has 0 radical (unpaired) electrons. The number of halogens is 1. The van der Waals surface area contributed by atoms with E-state index < -0.39 is 21.5 Å². The van der Waals surface area contributed by atoms with E-state index in [2.05, 4.69) is 51.7 Å². The molecule has 6 nitrogen and oxygen atoms in total. The molecule has 0 unspecified atom stereocenters. The zero-order chi connectivity index (χ0) is 28.4. The molecule has 0 aliphatic heterocycles. The molecule has 0 aliphatic carbocycles. The molecule has 4 rings (SSSR count). The molecule has 0 fully saturated rings. The number of thioether (sulfide) groups is 2. The van der Waals surface area contributed by atoms with E-state index >= 15 is 0 Å². The summed E-state index contributed by atoms with van der Waals surface area (Å²) in [6.07, 6.45) is 3.45. The number of nitrogens with zero attached hydrogens (tertiary/aromatic N) is 1. The van der Waals surface area contributed by atoms with E-state index in [1.165, 1.54) is 11.8 Å². The zero-order valence-corrected chi connectivity index (χ0v) is 25.9. The van der Waals surface area contributed by atoms with Gasteiger partial charge in [-0.1, -0.05) is 91.0 Å². The van der Waals surface area contributed by atoms with Crippen LogP contribution in [0.5, 0.6) is 0 Å². The van der Waals surface area contributed by atoms with Crippen LogP contribution in [0.1, 0.15) is 43.3 Å². The number of ether oxygens (including phenoxy) is 1. The fraction of sp³-hybridized carbons (Fsp3) is 0.281. The Morgan fingerprint density at radius 1 is 0.878 bits per heavy atom. The first-order valence-corrected chi connectivity index (χ1v) is 15.2. The van der Waals surface area contributed by atoms with Crippen molar-refractivity contribution in [2.75, 3.05) is 12.4 Å². The van der Waals surface area contributed by atoms with Crippen LogP contribution in [0.3, 0.4) is 0 Å². The average molecular weight is 610 g/mol. The standard InChI is InChI=1S/C32H35N3O3S2.ClH/c1-4-38-29(36)27(35-30(37)31(2,3)39-23-28-33-20-21-34-28)22-40-32(24-14-8-5-9-15-24,25-16-10-6-11-17-25)26-18-12-7-13-19-26;/h5-21,27H,4,22-23H2,1-3H3,(H,33,34)(H,35,37);1H/t27-;/m0./s1. The van der Waals surface area contributed by atoms with E-state index in [1.807, 2.05) is 68.4 Å². The van der Waals surface area contributed by atoms with Gasteiger partial charge in [0.25, 0.3) is 0 Å². The van der Waals surface area contributed by atoms with Crippen LogP contribution in [0.15, 0.2) is 103 Å². The Morgan fingerprint density at radius 2 is 1.39 bits per heavy atom. The van der Waals surface area contributed by atoms with Crippen molar-refractivity contribution in [3.05, 3.63) is 126 Å². The van der Waals surface area contributed by atoms with Gasteiger partial charge in [-0.3, -0.25) is 4.79 Å². The Hall–Kier alpha value is -3.20. The third kappa shape index (κ3) is 7.97. The molecule has 0 aliphatic rings. The maximum atomic E-state index is 13.5. The van der Waals surface area contributed by atoms with Gasteiger partial charge in [0.2, 0.25) is 5.91 Å². The number of amides is 1. The highest BCUT2D eigenvalue weighted by Gasteiger charge is 2.40. The van der Waals surface area contributed by atoms with Crippen molar-refractivity contribution in [3.8, 4) is 0 Å². The molecule has 0 saturated carbocycles. The number of carbonyl (C=O) groups excluding carboxylic acids is 2. The lowest BCUT2D eigenvalue weighted by Crippen LogP contribution is -2.50. The molecule has 0 saturated heterocycles. The first kappa shape index (κ1) is 32.3. The molecule has 1 atom stereocenters. The maximum absolute atomic E-state index is 13.5. The summed E-state index contributed by atoms with van der Waals surface area (Å²) in [5.74, 6) is 0.973. The van der Waals surface area contributed by atoms with Crippen molar-refractivity contribution in [2.24, 2.45) is 0 Å². The van der Waals surface area contributed by atoms with Gasteiger partial charge in [0.1, 0.15) is 11.9 Å². The predicted molar refractivity (Wildman–Crippen MR) is 171 cm³/mol. The maximum Gasteiger partial charge on any atom is 0.329 e. The summed E-state index contributed by atoms with van der Waals surface area (Å²) in [4.78, 5) is 34.0. The van der Waals surface area contributed by atoms with Gasteiger partial charge in [0, 0.05) is 18.1 Å². The minimum Gasteiger partial charge on any atom is -0.464 e. The Bertz CT molecular complexity index is 1260. The summed E-state index contributed by atoms with van der Waals surface area (Å²) in [5, 5.41) is 3.01. The van der Waals surface area contributed by atoms with Gasteiger partial charge in [-0.15, -0.1) is 35.9 Å². The highest BCUT2D eigenvalue weighted by molar-refractivity contribution is 8.01. The average Bonchev–Trinajstić information content (AvgIpc) is 3.51. The minimum atomic E-state index is -0.837. The van der Waals surface area contributed by atoms with Gasteiger partial charge >= 0.3 is 5.97 Å².